The van der Waals surface area contributed by atoms with Gasteiger partial charge in [0.15, 0.2) is 0 Å². The molecular weight excluding hydrogens is 296 g/mol. The van der Waals surface area contributed by atoms with Crippen molar-refractivity contribution < 1.29 is 9.59 Å². The number of piperidine rings is 1. The summed E-state index contributed by atoms with van der Waals surface area (Å²) in [4.78, 5) is 27.4. The topological polar surface area (TPSA) is 63.4 Å². The number of hydrogen-bond acceptors (Lipinski definition) is 3. The Labute approximate surface area is 132 Å². The second-order valence-electron chi connectivity index (χ2n) is 5.99. The van der Waals surface area contributed by atoms with Crippen molar-refractivity contribution in [3.05, 3.63) is 47.3 Å². The Morgan fingerprint density at radius 3 is 2.73 bits per heavy atom. The van der Waals surface area contributed by atoms with E-state index in [0.29, 0.717) is 18.0 Å². The third-order valence-electron chi connectivity index (χ3n) is 4.65. The fraction of sp³-hybridized carbons (Fsp3) is 0.294. The van der Waals surface area contributed by atoms with Gasteiger partial charge in [-0.05, 0) is 35.8 Å². The van der Waals surface area contributed by atoms with Gasteiger partial charge in [0, 0.05) is 22.5 Å². The molecule has 1 aliphatic carbocycles. The molecule has 2 heterocycles. The van der Waals surface area contributed by atoms with Crippen LogP contribution in [0.2, 0.25) is 0 Å². The number of nitrogens with zero attached hydrogens (tertiary/aromatic N) is 1. The normalized spacial score (nSPS) is 25.8. The molecule has 0 radical (unpaired) electrons. The van der Waals surface area contributed by atoms with Gasteiger partial charge in [-0.2, -0.15) is 0 Å². The molecule has 22 heavy (non-hydrogen) atoms. The fourth-order valence-corrected chi connectivity index (χ4v) is 4.28. The molecule has 0 unspecified atom stereocenters. The van der Waals surface area contributed by atoms with Crippen LogP contribution in [0.3, 0.4) is 0 Å². The predicted molar refractivity (Wildman–Crippen MR) is 85.4 cm³/mol. The number of carbonyl (C=O) groups excluding carboxylic acids is 2. The van der Waals surface area contributed by atoms with Crippen LogP contribution >= 0.6 is 11.3 Å². The summed E-state index contributed by atoms with van der Waals surface area (Å²) < 4.78 is 0. The maximum Gasteiger partial charge on any atom is 0.255 e. The van der Waals surface area contributed by atoms with Gasteiger partial charge in [0.05, 0.1) is 0 Å². The van der Waals surface area contributed by atoms with Crippen LogP contribution in [0.1, 0.15) is 16.8 Å². The van der Waals surface area contributed by atoms with Crippen LogP contribution in [-0.4, -0.2) is 29.3 Å². The highest BCUT2D eigenvalue weighted by Crippen LogP contribution is 2.50. The number of amides is 2. The highest BCUT2D eigenvalue weighted by atomic mass is 32.1. The molecule has 1 saturated carbocycles. The third-order valence-corrected chi connectivity index (χ3v) is 5.55. The van der Waals surface area contributed by atoms with Crippen LogP contribution in [0.5, 0.6) is 0 Å². The number of hydrogen-bond donors (Lipinski definition) is 1. The van der Waals surface area contributed by atoms with Gasteiger partial charge < -0.3 is 10.6 Å². The van der Waals surface area contributed by atoms with Gasteiger partial charge in [0.2, 0.25) is 5.91 Å². The minimum atomic E-state index is -0.436. The van der Waals surface area contributed by atoms with E-state index in [1.807, 2.05) is 41.8 Å². The van der Waals surface area contributed by atoms with Crippen molar-refractivity contribution in [3.8, 4) is 10.4 Å². The molecule has 1 aromatic heterocycles. The van der Waals surface area contributed by atoms with Crippen LogP contribution in [0.15, 0.2) is 41.8 Å². The number of primary amides is 1. The van der Waals surface area contributed by atoms with E-state index < -0.39 is 6.04 Å². The van der Waals surface area contributed by atoms with Gasteiger partial charge in [-0.15, -0.1) is 11.3 Å². The SMILES string of the molecule is NC(=O)[C@@H]1[C@H]2C[C@H]2CN1C(=O)c1ccccc1-c1cccs1. The summed E-state index contributed by atoms with van der Waals surface area (Å²) in [5.74, 6) is 0.262. The Kier molecular flexibility index (Phi) is 3.04. The number of fused-ring (bicyclic) bond motifs is 1. The van der Waals surface area contributed by atoms with Crippen molar-refractivity contribution in [2.75, 3.05) is 6.54 Å². The highest BCUT2D eigenvalue weighted by Gasteiger charge is 2.56. The van der Waals surface area contributed by atoms with E-state index in [9.17, 15) is 9.59 Å². The van der Waals surface area contributed by atoms with E-state index in [2.05, 4.69) is 0 Å². The number of rotatable bonds is 3. The van der Waals surface area contributed by atoms with Crippen LogP contribution in [0.25, 0.3) is 10.4 Å². The first-order chi connectivity index (χ1) is 10.7. The first-order valence-electron chi connectivity index (χ1n) is 7.40. The Hall–Kier alpha value is -2.14. The molecule has 112 valence electrons. The van der Waals surface area contributed by atoms with Crippen molar-refractivity contribution in [1.82, 2.24) is 4.90 Å². The molecule has 2 amide bonds. The highest BCUT2D eigenvalue weighted by molar-refractivity contribution is 7.13. The van der Waals surface area contributed by atoms with Gasteiger partial charge in [-0.25, -0.2) is 0 Å². The second kappa shape index (κ2) is 4.95. The van der Waals surface area contributed by atoms with Crippen LogP contribution in [0.4, 0.5) is 0 Å². The molecule has 2 aromatic rings. The van der Waals surface area contributed by atoms with Crippen molar-refractivity contribution >= 4 is 23.2 Å². The average Bonchev–Trinajstić information content (AvgIpc) is 2.95. The van der Waals surface area contributed by atoms with E-state index in [4.69, 9.17) is 5.73 Å². The van der Waals surface area contributed by atoms with E-state index in [-0.39, 0.29) is 17.7 Å². The second-order valence-corrected chi connectivity index (χ2v) is 6.93. The summed E-state index contributed by atoms with van der Waals surface area (Å²) in [5.41, 5.74) is 7.10. The molecule has 2 fully saturated rings. The van der Waals surface area contributed by atoms with Crippen molar-refractivity contribution in [3.63, 3.8) is 0 Å². The maximum absolute atomic E-state index is 13.0. The number of nitrogens with two attached hydrogens (primary N) is 1. The fourth-order valence-electron chi connectivity index (χ4n) is 3.51. The molecule has 3 atom stereocenters. The molecule has 0 spiro atoms. The first-order valence-corrected chi connectivity index (χ1v) is 8.28. The molecule has 1 aliphatic heterocycles. The standard InChI is InChI=1S/C17H16N2O2S/c18-16(20)15-13-8-10(13)9-19(15)17(21)12-5-2-1-4-11(12)14-6-3-7-22-14/h1-7,10,13,15H,8-9H2,(H2,18,20)/t10-,13-,15-/m0/s1. The van der Waals surface area contributed by atoms with E-state index in [1.54, 1.807) is 16.2 Å². The van der Waals surface area contributed by atoms with E-state index in [1.165, 1.54) is 0 Å². The Morgan fingerprint density at radius 2 is 2.00 bits per heavy atom. The lowest BCUT2D eigenvalue weighted by atomic mass is 10.0. The summed E-state index contributed by atoms with van der Waals surface area (Å²) in [6.07, 6.45) is 1.02. The predicted octanol–water partition coefficient (Wildman–Crippen LogP) is 2.36. The number of likely N-dealkylation sites (tertiary alicyclic amines) is 1. The summed E-state index contributed by atoms with van der Waals surface area (Å²) in [5, 5.41) is 1.99. The van der Waals surface area contributed by atoms with Crippen LogP contribution in [0, 0.1) is 11.8 Å². The molecule has 2 N–H and O–H groups in total. The van der Waals surface area contributed by atoms with Gasteiger partial charge in [-0.3, -0.25) is 9.59 Å². The first kappa shape index (κ1) is 13.5. The van der Waals surface area contributed by atoms with Crippen molar-refractivity contribution in [1.29, 1.82) is 0 Å². The molecule has 5 heteroatoms. The molecule has 0 bridgehead atoms. The Balaban J connectivity index is 1.71. The van der Waals surface area contributed by atoms with Gasteiger partial charge in [0.25, 0.3) is 5.91 Å². The zero-order valence-electron chi connectivity index (χ0n) is 11.9. The lowest BCUT2D eigenvalue weighted by Gasteiger charge is -2.26. The van der Waals surface area contributed by atoms with Crippen LogP contribution < -0.4 is 5.73 Å². The lowest BCUT2D eigenvalue weighted by molar-refractivity contribution is -0.122. The number of benzene rings is 1. The van der Waals surface area contributed by atoms with E-state index in [0.717, 1.165) is 16.9 Å². The van der Waals surface area contributed by atoms with Crippen LogP contribution in [-0.2, 0) is 4.79 Å². The summed E-state index contributed by atoms with van der Waals surface area (Å²) in [7, 11) is 0. The largest absolute Gasteiger partial charge is 0.368 e. The zero-order chi connectivity index (χ0) is 15.3. The van der Waals surface area contributed by atoms with Gasteiger partial charge in [0.1, 0.15) is 6.04 Å². The Morgan fingerprint density at radius 1 is 1.18 bits per heavy atom. The smallest absolute Gasteiger partial charge is 0.255 e. The molecule has 1 saturated heterocycles. The monoisotopic (exact) mass is 312 g/mol. The quantitative estimate of drug-likeness (QED) is 0.945. The lowest BCUT2D eigenvalue weighted by Crippen LogP contribution is -2.46. The maximum atomic E-state index is 13.0. The minimum Gasteiger partial charge on any atom is -0.368 e. The molecule has 4 nitrogen and oxygen atoms in total. The number of carbonyl (C=O) groups is 2. The summed E-state index contributed by atoms with van der Waals surface area (Å²) in [6.45, 7) is 0.649. The Bertz CT molecular complexity index is 741. The summed E-state index contributed by atoms with van der Waals surface area (Å²) >= 11 is 1.60. The van der Waals surface area contributed by atoms with E-state index >= 15 is 0 Å². The third kappa shape index (κ3) is 2.04. The molecule has 4 rings (SSSR count). The molecule has 2 aliphatic rings. The zero-order valence-corrected chi connectivity index (χ0v) is 12.8. The number of thiophene rings is 1. The van der Waals surface area contributed by atoms with Gasteiger partial charge in [-0.1, -0.05) is 24.3 Å². The van der Waals surface area contributed by atoms with Crippen molar-refractivity contribution in [2.45, 2.75) is 12.5 Å². The average molecular weight is 312 g/mol. The molecule has 1 aromatic carbocycles. The van der Waals surface area contributed by atoms with Crippen molar-refractivity contribution in [2.24, 2.45) is 17.6 Å². The van der Waals surface area contributed by atoms with Gasteiger partial charge >= 0.3 is 0 Å². The molecular formula is C17H16N2O2S. The minimum absolute atomic E-state index is 0.0833. The summed E-state index contributed by atoms with van der Waals surface area (Å²) in [6, 6.07) is 11.1.